The molecule has 8 rings (SSSR count). The predicted octanol–water partition coefficient (Wildman–Crippen LogP) is 2.70. The van der Waals surface area contributed by atoms with Crippen LogP contribution in [-0.4, -0.2) is 41.0 Å². The van der Waals surface area contributed by atoms with Crippen LogP contribution < -0.4 is 5.43 Å². The highest BCUT2D eigenvalue weighted by atomic mass is 16.5. The number of benzene rings is 3. The van der Waals surface area contributed by atoms with Crippen molar-refractivity contribution in [3.05, 3.63) is 107 Å². The third-order valence-corrected chi connectivity index (χ3v) is 8.17. The third kappa shape index (κ3) is 2.09. The van der Waals surface area contributed by atoms with Gasteiger partial charge in [0.2, 0.25) is 5.91 Å². The highest BCUT2D eigenvalue weighted by Crippen LogP contribution is 2.70. The molecule has 172 valence electrons. The van der Waals surface area contributed by atoms with Crippen molar-refractivity contribution in [2.75, 3.05) is 7.11 Å². The lowest BCUT2D eigenvalue weighted by Gasteiger charge is -2.55. The van der Waals surface area contributed by atoms with Gasteiger partial charge in [0.05, 0.1) is 13.7 Å². The molecule has 0 saturated carbocycles. The fourth-order valence-corrected chi connectivity index (χ4v) is 6.97. The van der Waals surface area contributed by atoms with Gasteiger partial charge in [-0.3, -0.25) is 19.9 Å². The van der Waals surface area contributed by atoms with Gasteiger partial charge in [-0.05, 0) is 27.8 Å². The van der Waals surface area contributed by atoms with Gasteiger partial charge in [0.15, 0.2) is 11.3 Å². The summed E-state index contributed by atoms with van der Waals surface area (Å²) in [5.74, 6) is -2.55. The minimum atomic E-state index is -1.54. The number of likely N-dealkylation sites (tertiary alicyclic amines) is 1. The van der Waals surface area contributed by atoms with E-state index in [0.717, 1.165) is 27.8 Å². The average Bonchev–Trinajstić information content (AvgIpc) is 3.37. The van der Waals surface area contributed by atoms with Crippen LogP contribution in [0.3, 0.4) is 0 Å². The second-order valence-electron chi connectivity index (χ2n) is 9.49. The number of ether oxygens (including phenoxy) is 1. The molecular weight excluding hydrogens is 442 g/mol. The van der Waals surface area contributed by atoms with E-state index in [9.17, 15) is 14.4 Å². The highest BCUT2D eigenvalue weighted by molar-refractivity contribution is 6.47. The summed E-state index contributed by atoms with van der Waals surface area (Å²) in [7, 11) is 1.27. The molecule has 35 heavy (non-hydrogen) atoms. The Balaban J connectivity index is 1.55. The van der Waals surface area contributed by atoms with Crippen molar-refractivity contribution in [1.29, 1.82) is 0 Å². The SMILES string of the molecule is COC(=O)C1=NN[C@]23C(=O)N(Cc4ccccc4)C(=O)[C@]12C1c2ccccc2C3c2ccccc21. The van der Waals surface area contributed by atoms with Crippen LogP contribution in [0.5, 0.6) is 0 Å². The molecule has 0 aromatic heterocycles. The summed E-state index contributed by atoms with van der Waals surface area (Å²) in [5.41, 5.74) is 4.71. The van der Waals surface area contributed by atoms with Gasteiger partial charge >= 0.3 is 5.97 Å². The van der Waals surface area contributed by atoms with Gasteiger partial charge in [0, 0.05) is 11.8 Å². The minimum absolute atomic E-state index is 0.0343. The maximum Gasteiger partial charge on any atom is 0.355 e. The third-order valence-electron chi connectivity index (χ3n) is 8.17. The van der Waals surface area contributed by atoms with Crippen molar-refractivity contribution in [2.24, 2.45) is 10.5 Å². The van der Waals surface area contributed by atoms with Gasteiger partial charge in [-0.15, -0.1) is 0 Å². The number of hydrazone groups is 1. The van der Waals surface area contributed by atoms with Crippen molar-refractivity contribution in [1.82, 2.24) is 10.3 Å². The predicted molar refractivity (Wildman–Crippen MR) is 126 cm³/mol. The van der Waals surface area contributed by atoms with Crippen molar-refractivity contribution in [3.8, 4) is 0 Å². The molecule has 2 amide bonds. The molecule has 3 aliphatic carbocycles. The van der Waals surface area contributed by atoms with Gasteiger partial charge in [-0.1, -0.05) is 78.9 Å². The zero-order valence-corrected chi connectivity index (χ0v) is 18.9. The van der Waals surface area contributed by atoms with Gasteiger partial charge in [0.25, 0.3) is 5.91 Å². The van der Waals surface area contributed by atoms with E-state index < -0.39 is 34.7 Å². The molecule has 0 radical (unpaired) electrons. The fourth-order valence-electron chi connectivity index (χ4n) is 6.97. The summed E-state index contributed by atoms with van der Waals surface area (Å²) in [6.45, 7) is 0.115. The standard InChI is InChI=1S/C28H21N3O4/c1-35-24(32)23-27-21-17-11-5-7-13-19(17)22(20-14-8-6-12-18(20)21)28(27,30-29-23)26(34)31(25(27)33)15-16-9-3-2-4-10-16/h2-14,21-22,30H,15H2,1H3/t21?,22?,27-,28+/m0/s1. The Morgan fingerprint density at radius 2 is 1.40 bits per heavy atom. The Kier molecular flexibility index (Phi) is 3.83. The first-order chi connectivity index (χ1) is 17.1. The number of esters is 1. The molecule has 2 bridgehead atoms. The molecule has 3 aromatic rings. The Labute approximate surface area is 201 Å². The molecule has 7 heteroatoms. The average molecular weight is 463 g/mol. The molecule has 1 fully saturated rings. The number of hydrogen-bond donors (Lipinski definition) is 1. The maximum atomic E-state index is 14.6. The summed E-state index contributed by atoms with van der Waals surface area (Å²) in [4.78, 5) is 43.5. The molecular formula is C28H21N3O4. The number of carbonyl (C=O) groups excluding carboxylic acids is 3. The smallest absolute Gasteiger partial charge is 0.355 e. The van der Waals surface area contributed by atoms with E-state index in [1.807, 2.05) is 78.9 Å². The number of nitrogens with zero attached hydrogens (tertiary/aromatic N) is 2. The molecule has 5 aliphatic rings. The van der Waals surface area contributed by atoms with E-state index in [2.05, 4.69) is 10.5 Å². The number of amides is 2. The van der Waals surface area contributed by atoms with Gasteiger partial charge in [-0.2, -0.15) is 5.10 Å². The van der Waals surface area contributed by atoms with Gasteiger partial charge < -0.3 is 4.74 Å². The molecule has 2 aliphatic heterocycles. The molecule has 1 N–H and O–H groups in total. The first-order valence-electron chi connectivity index (χ1n) is 11.6. The van der Waals surface area contributed by atoms with E-state index in [1.165, 1.54) is 12.0 Å². The Morgan fingerprint density at radius 3 is 1.97 bits per heavy atom. The lowest BCUT2D eigenvalue weighted by atomic mass is 9.43. The van der Waals surface area contributed by atoms with E-state index in [1.54, 1.807) is 0 Å². The molecule has 7 nitrogen and oxygen atoms in total. The van der Waals surface area contributed by atoms with E-state index >= 15 is 0 Å². The number of rotatable bonds is 3. The molecule has 0 unspecified atom stereocenters. The van der Waals surface area contributed by atoms with Crippen LogP contribution in [-0.2, 0) is 25.7 Å². The number of imide groups is 1. The van der Waals surface area contributed by atoms with Crippen molar-refractivity contribution in [2.45, 2.75) is 23.9 Å². The lowest BCUT2D eigenvalue weighted by molar-refractivity contribution is -0.142. The zero-order valence-electron chi connectivity index (χ0n) is 18.9. The van der Waals surface area contributed by atoms with Crippen LogP contribution in [0.25, 0.3) is 0 Å². The number of carbonyl (C=O) groups is 3. The Morgan fingerprint density at radius 1 is 0.857 bits per heavy atom. The number of nitrogens with one attached hydrogen (secondary N) is 1. The van der Waals surface area contributed by atoms with E-state index in [0.29, 0.717) is 0 Å². The maximum absolute atomic E-state index is 14.6. The highest BCUT2D eigenvalue weighted by Gasteiger charge is 2.84. The van der Waals surface area contributed by atoms with Crippen LogP contribution >= 0.6 is 0 Å². The van der Waals surface area contributed by atoms with Gasteiger partial charge in [-0.25, -0.2) is 4.79 Å². The summed E-state index contributed by atoms with van der Waals surface area (Å²) >= 11 is 0. The quantitative estimate of drug-likeness (QED) is 0.477. The fraction of sp³-hybridized carbons (Fsp3) is 0.214. The largest absolute Gasteiger partial charge is 0.464 e. The zero-order chi connectivity index (χ0) is 23.9. The second kappa shape index (κ2) is 6.66. The lowest BCUT2D eigenvalue weighted by Crippen LogP contribution is -2.69. The topological polar surface area (TPSA) is 88.1 Å². The normalized spacial score (nSPS) is 29.1. The Bertz CT molecular complexity index is 1430. The van der Waals surface area contributed by atoms with Crippen molar-refractivity contribution in [3.63, 3.8) is 0 Å². The first kappa shape index (κ1) is 20.1. The number of methoxy groups -OCH3 is 1. The summed E-state index contributed by atoms with van der Waals surface area (Å²) in [6, 6.07) is 25.2. The molecule has 2 atom stereocenters. The van der Waals surface area contributed by atoms with Crippen molar-refractivity contribution < 1.29 is 19.1 Å². The minimum Gasteiger partial charge on any atom is -0.464 e. The number of hydrogen-bond acceptors (Lipinski definition) is 6. The Hall–Kier alpha value is -4.26. The summed E-state index contributed by atoms with van der Waals surface area (Å²) in [6.07, 6.45) is 0. The molecule has 1 saturated heterocycles. The monoisotopic (exact) mass is 463 g/mol. The van der Waals surface area contributed by atoms with Crippen LogP contribution in [0.1, 0.15) is 39.7 Å². The molecule has 2 heterocycles. The second-order valence-corrected chi connectivity index (χ2v) is 9.49. The van der Waals surface area contributed by atoms with Crippen LogP contribution in [0.2, 0.25) is 0 Å². The van der Waals surface area contributed by atoms with Crippen LogP contribution in [0, 0.1) is 5.41 Å². The van der Waals surface area contributed by atoms with Crippen LogP contribution in [0.15, 0.2) is 84.0 Å². The van der Waals surface area contributed by atoms with Crippen molar-refractivity contribution >= 4 is 23.5 Å². The first-order valence-corrected chi connectivity index (χ1v) is 11.6. The van der Waals surface area contributed by atoms with Gasteiger partial charge in [0.1, 0.15) is 5.41 Å². The summed E-state index contributed by atoms with van der Waals surface area (Å²) < 4.78 is 5.11. The molecule has 0 spiro atoms. The van der Waals surface area contributed by atoms with E-state index in [-0.39, 0.29) is 18.2 Å². The molecule has 3 aromatic carbocycles. The van der Waals surface area contributed by atoms with Crippen LogP contribution in [0.4, 0.5) is 0 Å². The van der Waals surface area contributed by atoms with E-state index in [4.69, 9.17) is 4.74 Å². The summed E-state index contributed by atoms with van der Waals surface area (Å²) in [5, 5.41) is 4.39.